The monoisotopic (exact) mass is 383 g/mol. The third-order valence-corrected chi connectivity index (χ3v) is 3.87. The van der Waals surface area contributed by atoms with Crippen LogP contribution in [0.4, 0.5) is 24.8 Å². The van der Waals surface area contributed by atoms with Gasteiger partial charge in [0, 0.05) is 22.5 Å². The lowest BCUT2D eigenvalue weighted by Crippen LogP contribution is -2.07. The van der Waals surface area contributed by atoms with Crippen LogP contribution in [0.2, 0.25) is 10.0 Å². The number of benzene rings is 2. The Hall–Kier alpha value is -2.31. The van der Waals surface area contributed by atoms with E-state index in [-0.39, 0.29) is 16.7 Å². The number of nitrogens with zero attached hydrogens (tertiary/aromatic N) is 2. The first-order chi connectivity index (χ1) is 11.8. The number of alkyl halides is 3. The van der Waals surface area contributed by atoms with E-state index < -0.39 is 11.7 Å². The highest BCUT2D eigenvalue weighted by Crippen LogP contribution is 2.36. The highest BCUT2D eigenvalue weighted by Gasteiger charge is 2.33. The van der Waals surface area contributed by atoms with Crippen LogP contribution in [-0.2, 0) is 6.18 Å². The average Bonchev–Trinajstić information content (AvgIpc) is 2.56. The first-order valence-electron chi connectivity index (χ1n) is 7.06. The van der Waals surface area contributed by atoms with Crippen LogP contribution in [0.25, 0.3) is 11.3 Å². The molecule has 3 aromatic rings. The van der Waals surface area contributed by atoms with E-state index in [4.69, 9.17) is 23.2 Å². The Morgan fingerprint density at radius 1 is 0.960 bits per heavy atom. The lowest BCUT2D eigenvalue weighted by molar-refractivity contribution is -0.137. The van der Waals surface area contributed by atoms with Crippen molar-refractivity contribution in [3.8, 4) is 11.3 Å². The van der Waals surface area contributed by atoms with Gasteiger partial charge >= 0.3 is 6.18 Å². The molecule has 0 amide bonds. The molecule has 0 fully saturated rings. The van der Waals surface area contributed by atoms with Gasteiger partial charge in [0.05, 0.1) is 16.3 Å². The third kappa shape index (κ3) is 4.21. The third-order valence-electron chi connectivity index (χ3n) is 3.30. The molecule has 0 aliphatic rings. The fraction of sp³-hybridized carbons (Fsp3) is 0.0588. The average molecular weight is 384 g/mol. The molecule has 0 saturated carbocycles. The van der Waals surface area contributed by atoms with E-state index >= 15 is 0 Å². The summed E-state index contributed by atoms with van der Waals surface area (Å²) in [6.07, 6.45) is -3.04. The minimum atomic E-state index is -4.54. The summed E-state index contributed by atoms with van der Waals surface area (Å²) in [6.45, 7) is 0. The molecule has 1 aromatic heterocycles. The van der Waals surface area contributed by atoms with Crippen molar-refractivity contribution in [3.63, 3.8) is 0 Å². The molecule has 0 saturated heterocycles. The lowest BCUT2D eigenvalue weighted by Gasteiger charge is -2.12. The standard InChI is InChI=1S/C17H10Cl2F3N3/c18-11-3-1-2-10(8-11)15-6-7-23-16(25-15)24-12-4-5-14(19)13(9-12)17(20,21)22/h1-9H,(H,23,24,25). The minimum Gasteiger partial charge on any atom is -0.324 e. The maximum atomic E-state index is 12.9. The van der Waals surface area contributed by atoms with E-state index in [0.717, 1.165) is 11.6 Å². The van der Waals surface area contributed by atoms with Crippen molar-refractivity contribution in [2.75, 3.05) is 5.32 Å². The Morgan fingerprint density at radius 3 is 2.48 bits per heavy atom. The van der Waals surface area contributed by atoms with Crippen LogP contribution in [0.5, 0.6) is 0 Å². The molecule has 0 unspecified atom stereocenters. The molecule has 3 rings (SSSR count). The predicted molar refractivity (Wildman–Crippen MR) is 92.2 cm³/mol. The molecule has 25 heavy (non-hydrogen) atoms. The predicted octanol–water partition coefficient (Wildman–Crippen LogP) is 6.21. The maximum Gasteiger partial charge on any atom is 0.417 e. The van der Waals surface area contributed by atoms with Gasteiger partial charge in [-0.15, -0.1) is 0 Å². The summed E-state index contributed by atoms with van der Waals surface area (Å²) in [7, 11) is 0. The van der Waals surface area contributed by atoms with Crippen molar-refractivity contribution >= 4 is 34.8 Å². The first-order valence-corrected chi connectivity index (χ1v) is 7.81. The molecule has 8 heteroatoms. The Kier molecular flexibility index (Phi) is 4.83. The Balaban J connectivity index is 1.91. The molecule has 128 valence electrons. The zero-order chi connectivity index (χ0) is 18.0. The fourth-order valence-corrected chi connectivity index (χ4v) is 2.59. The van der Waals surface area contributed by atoms with Crippen molar-refractivity contribution in [1.82, 2.24) is 9.97 Å². The van der Waals surface area contributed by atoms with Crippen molar-refractivity contribution in [2.24, 2.45) is 0 Å². The van der Waals surface area contributed by atoms with Crippen LogP contribution in [0.3, 0.4) is 0 Å². The first kappa shape index (κ1) is 17.5. The summed E-state index contributed by atoms with van der Waals surface area (Å²) in [5, 5.41) is 2.94. The van der Waals surface area contributed by atoms with Gasteiger partial charge in [-0.1, -0.05) is 35.3 Å². The Morgan fingerprint density at radius 2 is 1.76 bits per heavy atom. The van der Waals surface area contributed by atoms with Gasteiger partial charge in [0.1, 0.15) is 0 Å². The van der Waals surface area contributed by atoms with Crippen molar-refractivity contribution < 1.29 is 13.2 Å². The molecule has 0 aliphatic heterocycles. The molecule has 2 aromatic carbocycles. The van der Waals surface area contributed by atoms with Gasteiger partial charge in [-0.25, -0.2) is 9.97 Å². The minimum absolute atomic E-state index is 0.160. The van der Waals surface area contributed by atoms with Gasteiger partial charge in [0.25, 0.3) is 0 Å². The summed E-state index contributed by atoms with van der Waals surface area (Å²) in [5.74, 6) is 0.160. The topological polar surface area (TPSA) is 37.8 Å². The van der Waals surface area contributed by atoms with Crippen LogP contribution in [0, 0.1) is 0 Å². The summed E-state index contributed by atoms with van der Waals surface area (Å²) >= 11 is 11.6. The molecular formula is C17H10Cl2F3N3. The van der Waals surface area contributed by atoms with E-state index in [1.807, 2.05) is 6.07 Å². The van der Waals surface area contributed by atoms with Gasteiger partial charge in [0.2, 0.25) is 5.95 Å². The van der Waals surface area contributed by atoms with Gasteiger partial charge in [-0.2, -0.15) is 13.2 Å². The number of anilines is 2. The van der Waals surface area contributed by atoms with Crippen molar-refractivity contribution in [1.29, 1.82) is 0 Å². The number of halogens is 5. The largest absolute Gasteiger partial charge is 0.417 e. The summed E-state index contributed by atoms with van der Waals surface area (Å²) in [4.78, 5) is 8.33. The highest BCUT2D eigenvalue weighted by atomic mass is 35.5. The van der Waals surface area contributed by atoms with Crippen LogP contribution in [0.15, 0.2) is 54.7 Å². The molecule has 1 N–H and O–H groups in total. The van der Waals surface area contributed by atoms with E-state index in [1.54, 1.807) is 24.3 Å². The normalized spacial score (nSPS) is 11.4. The Bertz CT molecular complexity index is 914. The number of rotatable bonds is 3. The van der Waals surface area contributed by atoms with Crippen LogP contribution >= 0.6 is 23.2 Å². The summed E-state index contributed by atoms with van der Waals surface area (Å²) in [6, 6.07) is 12.3. The zero-order valence-corrected chi connectivity index (χ0v) is 14.0. The van der Waals surface area contributed by atoms with Gasteiger partial charge in [0.15, 0.2) is 0 Å². The van der Waals surface area contributed by atoms with Gasteiger partial charge < -0.3 is 5.32 Å². The summed E-state index contributed by atoms with van der Waals surface area (Å²) in [5.41, 5.74) is 0.611. The van der Waals surface area contributed by atoms with Crippen molar-refractivity contribution in [2.45, 2.75) is 6.18 Å². The number of nitrogens with one attached hydrogen (secondary N) is 1. The molecular weight excluding hydrogens is 374 g/mol. The summed E-state index contributed by atoms with van der Waals surface area (Å²) < 4.78 is 38.8. The molecule has 0 spiro atoms. The maximum absolute atomic E-state index is 12.9. The highest BCUT2D eigenvalue weighted by molar-refractivity contribution is 6.31. The number of hydrogen-bond donors (Lipinski definition) is 1. The second-order valence-electron chi connectivity index (χ2n) is 5.09. The van der Waals surface area contributed by atoms with E-state index in [2.05, 4.69) is 15.3 Å². The smallest absolute Gasteiger partial charge is 0.324 e. The van der Waals surface area contributed by atoms with Crippen LogP contribution < -0.4 is 5.32 Å². The fourth-order valence-electron chi connectivity index (χ4n) is 2.18. The molecule has 0 atom stereocenters. The Labute approximate surface area is 151 Å². The van der Waals surface area contributed by atoms with E-state index in [0.29, 0.717) is 10.7 Å². The van der Waals surface area contributed by atoms with E-state index in [9.17, 15) is 13.2 Å². The molecule has 3 nitrogen and oxygen atoms in total. The number of aromatic nitrogens is 2. The zero-order valence-electron chi connectivity index (χ0n) is 12.5. The quantitative estimate of drug-likeness (QED) is 0.583. The molecule has 0 bridgehead atoms. The molecule has 0 aliphatic carbocycles. The van der Waals surface area contributed by atoms with Crippen LogP contribution in [0.1, 0.15) is 5.56 Å². The van der Waals surface area contributed by atoms with Crippen LogP contribution in [-0.4, -0.2) is 9.97 Å². The van der Waals surface area contributed by atoms with E-state index in [1.165, 1.54) is 18.3 Å². The number of hydrogen-bond acceptors (Lipinski definition) is 3. The van der Waals surface area contributed by atoms with Gasteiger partial charge in [-0.05, 0) is 36.4 Å². The second-order valence-corrected chi connectivity index (χ2v) is 5.94. The van der Waals surface area contributed by atoms with Gasteiger partial charge in [-0.3, -0.25) is 0 Å². The molecule has 1 heterocycles. The lowest BCUT2D eigenvalue weighted by atomic mass is 10.1. The molecule has 0 radical (unpaired) electrons. The second kappa shape index (κ2) is 6.90. The van der Waals surface area contributed by atoms with Crippen molar-refractivity contribution in [3.05, 3.63) is 70.3 Å². The SMILES string of the molecule is FC(F)(F)c1cc(Nc2nccc(-c3cccc(Cl)c3)n2)ccc1Cl.